The van der Waals surface area contributed by atoms with Crippen LogP contribution in [0.4, 0.5) is 5.82 Å². The zero-order valence-electron chi connectivity index (χ0n) is 16.0. The third kappa shape index (κ3) is 3.39. The molecule has 2 aliphatic heterocycles. The summed E-state index contributed by atoms with van der Waals surface area (Å²) in [5, 5.41) is 3.40. The van der Waals surface area contributed by atoms with Gasteiger partial charge in [-0.3, -0.25) is 0 Å². The average molecular weight is 422 g/mol. The van der Waals surface area contributed by atoms with E-state index in [0.29, 0.717) is 18.8 Å². The SMILES string of the molecule is CNc1nc([C@H]2CCCN2S(=O)(=O)c2ccccc2Cl)nc2c1CCN(C)C2. The van der Waals surface area contributed by atoms with Gasteiger partial charge in [0, 0.05) is 32.2 Å². The fourth-order valence-corrected chi connectivity index (χ4v) is 6.15. The monoisotopic (exact) mass is 421 g/mol. The van der Waals surface area contributed by atoms with Crippen molar-refractivity contribution in [2.45, 2.75) is 36.7 Å². The van der Waals surface area contributed by atoms with Crippen LogP contribution in [-0.2, 0) is 23.0 Å². The van der Waals surface area contributed by atoms with Crippen molar-refractivity contribution in [3.05, 3.63) is 46.4 Å². The second-order valence-corrected chi connectivity index (χ2v) is 9.56. The Labute approximate surface area is 170 Å². The molecular formula is C19H24ClN5O2S. The van der Waals surface area contributed by atoms with Gasteiger partial charge in [-0.25, -0.2) is 18.4 Å². The Hall–Kier alpha value is -1.74. The average Bonchev–Trinajstić information content (AvgIpc) is 3.17. The first kappa shape index (κ1) is 19.6. The molecule has 0 aliphatic carbocycles. The lowest BCUT2D eigenvalue weighted by Crippen LogP contribution is -2.33. The minimum absolute atomic E-state index is 0.134. The number of sulfonamides is 1. The van der Waals surface area contributed by atoms with E-state index in [2.05, 4.69) is 17.3 Å². The van der Waals surface area contributed by atoms with Crippen LogP contribution in [0.25, 0.3) is 0 Å². The molecule has 0 unspecified atom stereocenters. The number of anilines is 1. The van der Waals surface area contributed by atoms with Crippen LogP contribution in [0, 0.1) is 0 Å². The molecule has 0 saturated carbocycles. The van der Waals surface area contributed by atoms with E-state index < -0.39 is 10.0 Å². The highest BCUT2D eigenvalue weighted by Gasteiger charge is 2.39. The highest BCUT2D eigenvalue weighted by molar-refractivity contribution is 7.89. The van der Waals surface area contributed by atoms with E-state index in [4.69, 9.17) is 21.6 Å². The van der Waals surface area contributed by atoms with Crippen LogP contribution in [-0.4, -0.2) is 54.8 Å². The minimum atomic E-state index is -3.73. The number of fused-ring (bicyclic) bond motifs is 1. The van der Waals surface area contributed by atoms with E-state index >= 15 is 0 Å². The smallest absolute Gasteiger partial charge is 0.245 e. The number of rotatable bonds is 4. The number of aromatic nitrogens is 2. The van der Waals surface area contributed by atoms with Crippen molar-refractivity contribution in [3.8, 4) is 0 Å². The third-order valence-electron chi connectivity index (χ3n) is 5.44. The van der Waals surface area contributed by atoms with Crippen LogP contribution < -0.4 is 5.32 Å². The largest absolute Gasteiger partial charge is 0.373 e. The molecule has 7 nitrogen and oxygen atoms in total. The maximum Gasteiger partial charge on any atom is 0.245 e. The lowest BCUT2D eigenvalue weighted by Gasteiger charge is -2.28. The van der Waals surface area contributed by atoms with E-state index in [1.54, 1.807) is 24.3 Å². The van der Waals surface area contributed by atoms with Crippen molar-refractivity contribution >= 4 is 27.4 Å². The fourth-order valence-electron chi connectivity index (χ4n) is 4.00. The van der Waals surface area contributed by atoms with Crippen LogP contribution in [0.2, 0.25) is 5.02 Å². The van der Waals surface area contributed by atoms with Gasteiger partial charge in [-0.05, 0) is 38.4 Å². The zero-order valence-corrected chi connectivity index (χ0v) is 17.6. The second-order valence-electron chi connectivity index (χ2n) is 7.30. The van der Waals surface area contributed by atoms with Gasteiger partial charge >= 0.3 is 0 Å². The Balaban J connectivity index is 1.75. The standard InChI is InChI=1S/C19H24ClN5O2S/c1-21-18-13-9-11-24(2)12-15(13)22-19(23-18)16-7-5-10-25(16)28(26,27)17-8-4-3-6-14(17)20/h3-4,6,8,16H,5,7,9-12H2,1-2H3,(H,21,22,23)/t16-/m1/s1. The molecule has 0 bridgehead atoms. The topological polar surface area (TPSA) is 78.4 Å². The van der Waals surface area contributed by atoms with Gasteiger partial charge in [0.15, 0.2) is 0 Å². The highest BCUT2D eigenvalue weighted by atomic mass is 35.5. The van der Waals surface area contributed by atoms with Gasteiger partial charge in [-0.1, -0.05) is 23.7 Å². The summed E-state index contributed by atoms with van der Waals surface area (Å²) in [6, 6.07) is 6.18. The lowest BCUT2D eigenvalue weighted by atomic mass is 10.1. The maximum atomic E-state index is 13.3. The van der Waals surface area contributed by atoms with Gasteiger partial charge in [-0.2, -0.15) is 4.31 Å². The molecule has 1 fully saturated rings. The molecule has 1 aromatic carbocycles. The normalized spacial score (nSPS) is 20.9. The van der Waals surface area contributed by atoms with Crippen LogP contribution in [0.3, 0.4) is 0 Å². The number of likely N-dealkylation sites (N-methyl/N-ethyl adjacent to an activating group) is 1. The van der Waals surface area contributed by atoms with Crippen LogP contribution in [0.15, 0.2) is 29.2 Å². The molecule has 0 spiro atoms. The van der Waals surface area contributed by atoms with Gasteiger partial charge in [-0.15, -0.1) is 0 Å². The predicted molar refractivity (Wildman–Crippen MR) is 109 cm³/mol. The third-order valence-corrected chi connectivity index (χ3v) is 7.84. The molecule has 28 heavy (non-hydrogen) atoms. The first-order chi connectivity index (χ1) is 13.4. The van der Waals surface area contributed by atoms with Gasteiger partial charge in [0.05, 0.1) is 16.8 Å². The van der Waals surface area contributed by atoms with E-state index in [0.717, 1.165) is 43.0 Å². The lowest BCUT2D eigenvalue weighted by molar-refractivity contribution is 0.304. The van der Waals surface area contributed by atoms with E-state index in [9.17, 15) is 8.42 Å². The van der Waals surface area contributed by atoms with Gasteiger partial charge in [0.1, 0.15) is 16.5 Å². The molecule has 0 amide bonds. The molecule has 2 aliphatic rings. The Morgan fingerprint density at radius 3 is 2.75 bits per heavy atom. The molecule has 1 atom stereocenters. The molecule has 3 heterocycles. The number of hydrogen-bond donors (Lipinski definition) is 1. The molecule has 9 heteroatoms. The Morgan fingerprint density at radius 2 is 2.00 bits per heavy atom. The summed E-state index contributed by atoms with van der Waals surface area (Å²) in [4.78, 5) is 11.9. The molecule has 1 N–H and O–H groups in total. The summed E-state index contributed by atoms with van der Waals surface area (Å²) in [5.74, 6) is 1.36. The van der Waals surface area contributed by atoms with Crippen molar-refractivity contribution < 1.29 is 8.42 Å². The van der Waals surface area contributed by atoms with Gasteiger partial charge in [0.2, 0.25) is 10.0 Å². The molecule has 1 saturated heterocycles. The summed E-state index contributed by atoms with van der Waals surface area (Å²) < 4.78 is 28.1. The Morgan fingerprint density at radius 1 is 1.21 bits per heavy atom. The first-order valence-electron chi connectivity index (χ1n) is 9.44. The summed E-state index contributed by atoms with van der Waals surface area (Å²) >= 11 is 6.19. The summed E-state index contributed by atoms with van der Waals surface area (Å²) in [5.41, 5.74) is 2.10. The van der Waals surface area contributed by atoms with Crippen molar-refractivity contribution in [1.82, 2.24) is 19.2 Å². The number of halogens is 1. The molecule has 150 valence electrons. The highest BCUT2D eigenvalue weighted by Crippen LogP contribution is 2.38. The predicted octanol–water partition coefficient (Wildman–Crippen LogP) is 2.69. The molecular weight excluding hydrogens is 398 g/mol. The molecule has 4 rings (SSSR count). The summed E-state index contributed by atoms with van der Waals surface area (Å²) in [6.45, 7) is 2.14. The zero-order chi connectivity index (χ0) is 19.9. The van der Waals surface area contributed by atoms with Gasteiger partial charge in [0.25, 0.3) is 0 Å². The maximum absolute atomic E-state index is 13.3. The first-order valence-corrected chi connectivity index (χ1v) is 11.3. The number of nitrogens with zero attached hydrogens (tertiary/aromatic N) is 4. The molecule has 2 aromatic rings. The molecule has 1 aromatic heterocycles. The van der Waals surface area contributed by atoms with E-state index in [-0.39, 0.29) is 16.0 Å². The van der Waals surface area contributed by atoms with Crippen LogP contribution in [0.1, 0.15) is 36.0 Å². The quantitative estimate of drug-likeness (QED) is 0.817. The number of nitrogens with one attached hydrogen (secondary N) is 1. The van der Waals surface area contributed by atoms with Crippen LogP contribution in [0.5, 0.6) is 0 Å². The number of benzene rings is 1. The molecule has 0 radical (unpaired) electrons. The summed E-state index contributed by atoms with van der Waals surface area (Å²) in [7, 11) is 0.180. The minimum Gasteiger partial charge on any atom is -0.373 e. The van der Waals surface area contributed by atoms with Crippen molar-refractivity contribution in [2.24, 2.45) is 0 Å². The van der Waals surface area contributed by atoms with E-state index in [1.165, 1.54) is 4.31 Å². The van der Waals surface area contributed by atoms with Crippen molar-refractivity contribution in [3.63, 3.8) is 0 Å². The van der Waals surface area contributed by atoms with Gasteiger partial charge < -0.3 is 10.2 Å². The second kappa shape index (κ2) is 7.59. The van der Waals surface area contributed by atoms with Crippen LogP contribution >= 0.6 is 11.6 Å². The van der Waals surface area contributed by atoms with E-state index in [1.807, 2.05) is 7.05 Å². The Bertz CT molecular complexity index is 998. The Kier molecular flexibility index (Phi) is 5.30. The van der Waals surface area contributed by atoms with Crippen molar-refractivity contribution in [1.29, 1.82) is 0 Å². The van der Waals surface area contributed by atoms with Crippen molar-refractivity contribution in [2.75, 3.05) is 32.5 Å². The fraction of sp³-hybridized carbons (Fsp3) is 0.474. The summed E-state index contributed by atoms with van der Waals surface area (Å²) in [6.07, 6.45) is 2.35. The number of hydrogen-bond acceptors (Lipinski definition) is 6.